The zero-order valence-electron chi connectivity index (χ0n) is 12.1. The van der Waals surface area contributed by atoms with Crippen molar-refractivity contribution < 1.29 is 24.4 Å². The van der Waals surface area contributed by atoms with Crippen LogP contribution < -0.4 is 4.90 Å². The van der Waals surface area contributed by atoms with Gasteiger partial charge in [0, 0.05) is 10.5 Å². The van der Waals surface area contributed by atoms with Crippen LogP contribution in [0, 0.1) is 22.0 Å². The van der Waals surface area contributed by atoms with Gasteiger partial charge in [0.25, 0.3) is 5.69 Å². The lowest BCUT2D eigenvalue weighted by Gasteiger charge is -2.26. The van der Waals surface area contributed by atoms with Crippen molar-refractivity contribution in [3.05, 3.63) is 44.9 Å². The van der Waals surface area contributed by atoms with E-state index in [0.29, 0.717) is 4.47 Å². The molecule has 0 aromatic heterocycles. The highest BCUT2D eigenvalue weighted by Gasteiger charge is 2.68. The quantitative estimate of drug-likeness (QED) is 0.356. The van der Waals surface area contributed by atoms with E-state index in [0.717, 1.165) is 4.90 Å². The summed E-state index contributed by atoms with van der Waals surface area (Å²) < 4.78 is 6.09. The van der Waals surface area contributed by atoms with Gasteiger partial charge in [0.1, 0.15) is 11.3 Å². The molecule has 124 valence electrons. The van der Waals surface area contributed by atoms with Crippen molar-refractivity contribution in [2.75, 3.05) is 11.5 Å². The van der Waals surface area contributed by atoms with E-state index < -0.39 is 46.9 Å². The minimum Gasteiger partial charge on any atom is -0.393 e. The summed E-state index contributed by atoms with van der Waals surface area (Å²) in [5.74, 6) is -2.76. The third kappa shape index (κ3) is 1.80. The molecule has 2 bridgehead atoms. The van der Waals surface area contributed by atoms with Crippen molar-refractivity contribution in [3.8, 4) is 0 Å². The summed E-state index contributed by atoms with van der Waals surface area (Å²) in [5, 5.41) is 21.0. The van der Waals surface area contributed by atoms with E-state index in [2.05, 4.69) is 15.9 Å². The molecule has 3 aliphatic heterocycles. The molecule has 1 aromatic carbocycles. The zero-order chi connectivity index (χ0) is 17.2. The number of nitro benzene ring substituents is 1. The van der Waals surface area contributed by atoms with Gasteiger partial charge < -0.3 is 9.84 Å². The van der Waals surface area contributed by atoms with Crippen molar-refractivity contribution in [2.45, 2.75) is 11.7 Å². The first-order valence-electron chi connectivity index (χ1n) is 7.19. The molecule has 0 radical (unpaired) electrons. The second-order valence-electron chi connectivity index (χ2n) is 5.96. The van der Waals surface area contributed by atoms with Crippen LogP contribution in [0.15, 0.2) is 34.8 Å². The number of benzene rings is 1. The first-order valence-corrected chi connectivity index (χ1v) is 7.99. The minimum absolute atomic E-state index is 0.0694. The summed E-state index contributed by atoms with van der Waals surface area (Å²) in [6.07, 6.45) is 2.66. The van der Waals surface area contributed by atoms with Crippen LogP contribution in [0.1, 0.15) is 0 Å². The topological polar surface area (TPSA) is 110 Å². The predicted octanol–water partition coefficient (Wildman–Crippen LogP) is 1.16. The van der Waals surface area contributed by atoms with Gasteiger partial charge in [-0.2, -0.15) is 0 Å². The number of nitro groups is 1. The second-order valence-corrected chi connectivity index (χ2v) is 6.88. The fraction of sp³-hybridized carbons (Fsp3) is 0.333. The molecule has 4 rings (SSSR count). The van der Waals surface area contributed by atoms with Crippen molar-refractivity contribution >= 4 is 39.1 Å². The van der Waals surface area contributed by atoms with E-state index in [1.807, 2.05) is 0 Å². The molecule has 3 heterocycles. The molecule has 0 aliphatic carbocycles. The van der Waals surface area contributed by atoms with Gasteiger partial charge >= 0.3 is 0 Å². The number of ether oxygens (including phenoxy) is 1. The van der Waals surface area contributed by atoms with Crippen LogP contribution in [0.2, 0.25) is 0 Å². The molecule has 2 saturated heterocycles. The van der Waals surface area contributed by atoms with Gasteiger partial charge in [-0.05, 0) is 12.1 Å². The summed E-state index contributed by atoms with van der Waals surface area (Å²) in [4.78, 5) is 37.2. The number of anilines is 1. The Hall–Kier alpha value is -2.10. The van der Waals surface area contributed by atoms with Gasteiger partial charge in [0.05, 0.1) is 29.5 Å². The van der Waals surface area contributed by atoms with E-state index in [4.69, 9.17) is 4.74 Å². The maximum absolute atomic E-state index is 12.9. The van der Waals surface area contributed by atoms with E-state index in [9.17, 15) is 24.8 Å². The number of rotatable bonds is 3. The minimum atomic E-state index is -1.22. The third-order valence-electron chi connectivity index (χ3n) is 4.78. The number of aliphatic hydroxyl groups is 1. The standard InChI is InChI=1S/C15H11BrN2O6/c16-7-1-2-8(9(5-7)18(22)23)17-13(20)11-10-3-4-15(6-19,24-10)12(11)14(17)21/h1-5,10-12,19H,6H2/t10-,11+,12+,15+/m1/s1. The number of imide groups is 1. The summed E-state index contributed by atoms with van der Waals surface area (Å²) in [7, 11) is 0. The van der Waals surface area contributed by atoms with Gasteiger partial charge in [-0.1, -0.05) is 28.1 Å². The van der Waals surface area contributed by atoms with Crippen LogP contribution in [0.5, 0.6) is 0 Å². The van der Waals surface area contributed by atoms with Crippen molar-refractivity contribution in [3.63, 3.8) is 0 Å². The summed E-state index contributed by atoms with van der Waals surface area (Å²) in [6, 6.07) is 4.14. The highest BCUT2D eigenvalue weighted by Crippen LogP contribution is 2.53. The largest absolute Gasteiger partial charge is 0.393 e. The molecule has 0 saturated carbocycles. The Morgan fingerprint density at radius 1 is 1.38 bits per heavy atom. The Morgan fingerprint density at radius 3 is 2.79 bits per heavy atom. The maximum Gasteiger partial charge on any atom is 0.294 e. The third-order valence-corrected chi connectivity index (χ3v) is 5.27. The van der Waals surface area contributed by atoms with Crippen LogP contribution in [0.25, 0.3) is 0 Å². The Kier molecular flexibility index (Phi) is 3.18. The van der Waals surface area contributed by atoms with E-state index in [1.54, 1.807) is 12.2 Å². The number of nitrogens with zero attached hydrogens (tertiary/aromatic N) is 2. The fourth-order valence-corrected chi connectivity index (χ4v) is 4.10. The SMILES string of the molecule is O=C1[C@@H]2[C@@H](C(=O)N1c1ccc(Br)cc1[N+](=O)[O-])[C@@]1(CO)C=C[C@H]2O1. The number of aliphatic hydroxyl groups excluding tert-OH is 1. The highest BCUT2D eigenvalue weighted by atomic mass is 79.9. The van der Waals surface area contributed by atoms with Gasteiger partial charge in [-0.15, -0.1) is 0 Å². The van der Waals surface area contributed by atoms with Gasteiger partial charge in [-0.3, -0.25) is 19.7 Å². The zero-order valence-corrected chi connectivity index (χ0v) is 13.7. The number of hydrogen-bond donors (Lipinski definition) is 1. The average molecular weight is 395 g/mol. The predicted molar refractivity (Wildman–Crippen MR) is 84.1 cm³/mol. The fourth-order valence-electron chi connectivity index (χ4n) is 3.75. The van der Waals surface area contributed by atoms with Crippen molar-refractivity contribution in [1.29, 1.82) is 0 Å². The molecule has 4 atom stereocenters. The van der Waals surface area contributed by atoms with Crippen LogP contribution in [-0.2, 0) is 14.3 Å². The number of halogens is 1. The van der Waals surface area contributed by atoms with E-state index >= 15 is 0 Å². The highest BCUT2D eigenvalue weighted by molar-refractivity contribution is 9.10. The van der Waals surface area contributed by atoms with E-state index in [-0.39, 0.29) is 11.4 Å². The smallest absolute Gasteiger partial charge is 0.294 e. The molecule has 24 heavy (non-hydrogen) atoms. The molecular formula is C15H11BrN2O6. The average Bonchev–Trinajstić information content (AvgIpc) is 3.19. The molecule has 8 nitrogen and oxygen atoms in total. The van der Waals surface area contributed by atoms with Crippen molar-refractivity contribution in [1.82, 2.24) is 0 Å². The summed E-state index contributed by atoms with van der Waals surface area (Å²) >= 11 is 3.14. The number of carbonyl (C=O) groups excluding carboxylic acids is 2. The van der Waals surface area contributed by atoms with E-state index in [1.165, 1.54) is 18.2 Å². The lowest BCUT2D eigenvalue weighted by molar-refractivity contribution is -0.384. The second kappa shape index (κ2) is 4.95. The number of fused-ring (bicyclic) bond motifs is 5. The Morgan fingerprint density at radius 2 is 2.12 bits per heavy atom. The summed E-state index contributed by atoms with van der Waals surface area (Å²) in [6.45, 7) is -0.434. The van der Waals surface area contributed by atoms with Crippen LogP contribution >= 0.6 is 15.9 Å². The molecule has 0 spiro atoms. The van der Waals surface area contributed by atoms with Crippen molar-refractivity contribution in [2.24, 2.45) is 11.8 Å². The maximum atomic E-state index is 12.9. The molecular weight excluding hydrogens is 384 g/mol. The Bertz CT molecular complexity index is 824. The lowest BCUT2D eigenvalue weighted by atomic mass is 9.77. The molecule has 1 N–H and O–H groups in total. The van der Waals surface area contributed by atoms with Crippen LogP contribution in [0.4, 0.5) is 11.4 Å². The van der Waals surface area contributed by atoms with Gasteiger partial charge in [-0.25, -0.2) is 4.90 Å². The molecule has 0 unspecified atom stereocenters. The first-order chi connectivity index (χ1) is 11.4. The molecule has 2 fully saturated rings. The number of carbonyl (C=O) groups is 2. The molecule has 2 amide bonds. The Labute approximate surface area is 144 Å². The van der Waals surface area contributed by atoms with Crippen LogP contribution in [0.3, 0.4) is 0 Å². The molecule has 1 aromatic rings. The number of amides is 2. The summed E-state index contributed by atoms with van der Waals surface area (Å²) in [5.41, 5.74) is -1.63. The van der Waals surface area contributed by atoms with Gasteiger partial charge in [0.15, 0.2) is 0 Å². The lowest BCUT2D eigenvalue weighted by Crippen LogP contribution is -2.43. The molecule has 9 heteroatoms. The first kappa shape index (κ1) is 15.4. The Balaban J connectivity index is 1.82. The normalized spacial score (nSPS) is 33.4. The molecule has 3 aliphatic rings. The van der Waals surface area contributed by atoms with Crippen LogP contribution in [-0.4, -0.2) is 40.2 Å². The monoisotopic (exact) mass is 394 g/mol. The van der Waals surface area contributed by atoms with Gasteiger partial charge in [0.2, 0.25) is 11.8 Å². The number of hydrogen-bond acceptors (Lipinski definition) is 6.